The highest BCUT2D eigenvalue weighted by Gasteiger charge is 2.25. The Balaban J connectivity index is 1.73. The number of carbonyl (C=O) groups is 3. The zero-order valence-corrected chi connectivity index (χ0v) is 16.7. The van der Waals surface area contributed by atoms with Gasteiger partial charge < -0.3 is 9.32 Å². The molecule has 0 radical (unpaired) electrons. The van der Waals surface area contributed by atoms with Gasteiger partial charge in [0.25, 0.3) is 17.1 Å². The molecule has 7 heteroatoms. The van der Waals surface area contributed by atoms with Gasteiger partial charge in [-0.25, -0.2) is 0 Å². The number of hydrogen-bond acceptors (Lipinski definition) is 5. The fourth-order valence-corrected chi connectivity index (χ4v) is 3.51. The third-order valence-corrected chi connectivity index (χ3v) is 5.22. The van der Waals surface area contributed by atoms with Crippen LogP contribution in [0, 0.1) is 0 Å². The Kier molecular flexibility index (Phi) is 6.36. The molecule has 2 aromatic rings. The average molecular weight is 398 g/mol. The Morgan fingerprint density at radius 2 is 1.89 bits per heavy atom. The van der Waals surface area contributed by atoms with Gasteiger partial charge in [0, 0.05) is 30.3 Å². The lowest BCUT2D eigenvalue weighted by Gasteiger charge is -2.20. The maximum absolute atomic E-state index is 12.6. The zero-order valence-electron chi connectivity index (χ0n) is 15.9. The predicted molar refractivity (Wildman–Crippen MR) is 110 cm³/mol. The second-order valence-corrected chi connectivity index (χ2v) is 7.38. The van der Waals surface area contributed by atoms with Crippen molar-refractivity contribution in [3.05, 3.63) is 52.6 Å². The molecule has 0 spiro atoms. The standard InChI is InChI=1S/C21H22N2O4S/c1-3-5-12-23(4-2)20(25)15-8-6-14(7-9-15)17-11-10-16(27-17)13-18-19(24)22-21(26)28-18/h6-11,13H,3-5,12H2,1-2H3,(H,22,24,26). The van der Waals surface area contributed by atoms with Gasteiger partial charge in [-0.15, -0.1) is 0 Å². The molecule has 1 aromatic heterocycles. The van der Waals surface area contributed by atoms with E-state index in [1.54, 1.807) is 30.3 Å². The highest BCUT2D eigenvalue weighted by molar-refractivity contribution is 8.18. The van der Waals surface area contributed by atoms with Crippen molar-refractivity contribution in [3.63, 3.8) is 0 Å². The van der Waals surface area contributed by atoms with Crippen LogP contribution in [0.2, 0.25) is 0 Å². The number of carbonyl (C=O) groups excluding carboxylic acids is 3. The van der Waals surface area contributed by atoms with Crippen molar-refractivity contribution < 1.29 is 18.8 Å². The van der Waals surface area contributed by atoms with Gasteiger partial charge in [0.05, 0.1) is 4.91 Å². The molecule has 28 heavy (non-hydrogen) atoms. The van der Waals surface area contributed by atoms with Crippen LogP contribution in [0.5, 0.6) is 0 Å². The Hall–Kier alpha value is -2.80. The summed E-state index contributed by atoms with van der Waals surface area (Å²) in [6.45, 7) is 5.54. The van der Waals surface area contributed by atoms with Crippen molar-refractivity contribution in [1.82, 2.24) is 10.2 Å². The number of amides is 3. The third kappa shape index (κ3) is 4.54. The van der Waals surface area contributed by atoms with E-state index in [2.05, 4.69) is 12.2 Å². The van der Waals surface area contributed by atoms with Gasteiger partial charge >= 0.3 is 0 Å². The van der Waals surface area contributed by atoms with E-state index < -0.39 is 5.91 Å². The smallest absolute Gasteiger partial charge is 0.290 e. The molecule has 0 atom stereocenters. The monoisotopic (exact) mass is 398 g/mol. The number of hydrogen-bond donors (Lipinski definition) is 1. The van der Waals surface area contributed by atoms with Gasteiger partial charge in [-0.3, -0.25) is 19.7 Å². The van der Waals surface area contributed by atoms with Crippen LogP contribution >= 0.6 is 11.8 Å². The van der Waals surface area contributed by atoms with Crippen molar-refractivity contribution in [2.45, 2.75) is 26.7 Å². The van der Waals surface area contributed by atoms with Crippen LogP contribution in [0.25, 0.3) is 17.4 Å². The normalized spacial score (nSPS) is 15.1. The van der Waals surface area contributed by atoms with E-state index in [0.717, 1.165) is 36.7 Å². The molecule has 1 aliphatic rings. The summed E-state index contributed by atoms with van der Waals surface area (Å²) in [4.78, 5) is 37.6. The Labute approximate surface area is 168 Å². The predicted octanol–water partition coefficient (Wildman–Crippen LogP) is 4.53. The molecular weight excluding hydrogens is 376 g/mol. The number of unbranched alkanes of at least 4 members (excludes halogenated alkanes) is 1. The molecule has 146 valence electrons. The van der Waals surface area contributed by atoms with Crippen LogP contribution in [0.4, 0.5) is 4.79 Å². The van der Waals surface area contributed by atoms with Crippen molar-refractivity contribution in [3.8, 4) is 11.3 Å². The van der Waals surface area contributed by atoms with E-state index in [4.69, 9.17) is 4.42 Å². The minimum absolute atomic E-state index is 0.0290. The molecule has 1 aromatic carbocycles. The molecule has 1 aliphatic heterocycles. The van der Waals surface area contributed by atoms with Gasteiger partial charge in [0.2, 0.25) is 0 Å². The number of thioether (sulfide) groups is 1. The molecule has 3 rings (SSSR count). The molecular formula is C21H22N2O4S. The van der Waals surface area contributed by atoms with E-state index in [9.17, 15) is 14.4 Å². The Morgan fingerprint density at radius 1 is 1.14 bits per heavy atom. The van der Waals surface area contributed by atoms with E-state index in [1.807, 2.05) is 24.0 Å². The molecule has 1 fully saturated rings. The van der Waals surface area contributed by atoms with Crippen LogP contribution in [0.3, 0.4) is 0 Å². The van der Waals surface area contributed by atoms with E-state index in [-0.39, 0.29) is 11.1 Å². The van der Waals surface area contributed by atoms with Crippen LogP contribution in [0.1, 0.15) is 42.8 Å². The molecule has 3 amide bonds. The van der Waals surface area contributed by atoms with Gasteiger partial charge in [0.1, 0.15) is 11.5 Å². The summed E-state index contributed by atoms with van der Waals surface area (Å²) in [7, 11) is 0. The zero-order chi connectivity index (χ0) is 20.1. The number of nitrogens with zero attached hydrogens (tertiary/aromatic N) is 1. The first-order valence-electron chi connectivity index (χ1n) is 9.26. The van der Waals surface area contributed by atoms with Crippen molar-refractivity contribution in [2.24, 2.45) is 0 Å². The molecule has 0 unspecified atom stereocenters. The summed E-state index contributed by atoms with van der Waals surface area (Å²) in [5.41, 5.74) is 1.48. The van der Waals surface area contributed by atoms with Crippen molar-refractivity contribution in [2.75, 3.05) is 13.1 Å². The van der Waals surface area contributed by atoms with E-state index in [1.165, 1.54) is 0 Å². The SMILES string of the molecule is CCCCN(CC)C(=O)c1ccc(-c2ccc(C=C3SC(=O)NC3=O)o2)cc1. The Morgan fingerprint density at radius 3 is 2.50 bits per heavy atom. The quantitative estimate of drug-likeness (QED) is 0.693. The maximum atomic E-state index is 12.6. The van der Waals surface area contributed by atoms with E-state index >= 15 is 0 Å². The molecule has 0 saturated carbocycles. The van der Waals surface area contributed by atoms with Crippen LogP contribution in [-0.4, -0.2) is 35.0 Å². The maximum Gasteiger partial charge on any atom is 0.290 e. The number of benzene rings is 1. The summed E-state index contributed by atoms with van der Waals surface area (Å²) in [6.07, 6.45) is 3.58. The van der Waals surface area contributed by atoms with Gasteiger partial charge in [-0.05, 0) is 49.4 Å². The number of imide groups is 1. The molecule has 6 nitrogen and oxygen atoms in total. The van der Waals surface area contributed by atoms with Crippen LogP contribution < -0.4 is 5.32 Å². The Bertz CT molecular complexity index is 915. The van der Waals surface area contributed by atoms with Gasteiger partial charge in [-0.1, -0.05) is 25.5 Å². The number of nitrogens with one attached hydrogen (secondary N) is 1. The average Bonchev–Trinajstić information content (AvgIpc) is 3.28. The molecule has 0 aliphatic carbocycles. The summed E-state index contributed by atoms with van der Waals surface area (Å²) in [5.74, 6) is 0.721. The largest absolute Gasteiger partial charge is 0.457 e. The lowest BCUT2D eigenvalue weighted by atomic mass is 10.1. The third-order valence-electron chi connectivity index (χ3n) is 4.41. The second-order valence-electron chi connectivity index (χ2n) is 6.37. The fraction of sp³-hybridized carbons (Fsp3) is 0.286. The number of furan rings is 1. The van der Waals surface area contributed by atoms with Gasteiger partial charge in [-0.2, -0.15) is 0 Å². The molecule has 0 bridgehead atoms. The first-order chi connectivity index (χ1) is 13.5. The topological polar surface area (TPSA) is 79.6 Å². The minimum Gasteiger partial charge on any atom is -0.457 e. The molecule has 1 N–H and O–H groups in total. The van der Waals surface area contributed by atoms with Crippen LogP contribution in [-0.2, 0) is 4.79 Å². The highest BCUT2D eigenvalue weighted by atomic mass is 32.2. The highest BCUT2D eigenvalue weighted by Crippen LogP contribution is 2.28. The van der Waals surface area contributed by atoms with Crippen molar-refractivity contribution in [1.29, 1.82) is 0 Å². The molecule has 1 saturated heterocycles. The fourth-order valence-electron chi connectivity index (χ4n) is 2.85. The second kappa shape index (κ2) is 8.93. The summed E-state index contributed by atoms with van der Waals surface area (Å²) in [5, 5.41) is 1.82. The van der Waals surface area contributed by atoms with Crippen molar-refractivity contribution >= 4 is 34.9 Å². The lowest BCUT2D eigenvalue weighted by Crippen LogP contribution is -2.31. The van der Waals surface area contributed by atoms with Crippen LogP contribution in [0.15, 0.2) is 45.7 Å². The summed E-state index contributed by atoms with van der Waals surface area (Å²) < 4.78 is 5.76. The summed E-state index contributed by atoms with van der Waals surface area (Å²) in [6, 6.07) is 10.8. The van der Waals surface area contributed by atoms with E-state index in [0.29, 0.717) is 28.5 Å². The molecule has 2 heterocycles. The lowest BCUT2D eigenvalue weighted by molar-refractivity contribution is -0.115. The van der Waals surface area contributed by atoms with Gasteiger partial charge in [0.15, 0.2) is 0 Å². The minimum atomic E-state index is -0.417. The first kappa shape index (κ1) is 19.9. The summed E-state index contributed by atoms with van der Waals surface area (Å²) >= 11 is 0.848. The number of rotatable bonds is 7. The first-order valence-corrected chi connectivity index (χ1v) is 10.1.